The minimum atomic E-state index is -0.228. The van der Waals surface area contributed by atoms with Crippen LogP contribution in [0.3, 0.4) is 0 Å². The lowest BCUT2D eigenvalue weighted by Crippen LogP contribution is -2.76. The summed E-state index contributed by atoms with van der Waals surface area (Å²) in [5.74, 6) is 0.0215. The van der Waals surface area contributed by atoms with E-state index in [4.69, 9.17) is 10.3 Å². The molecule has 18 heavy (non-hydrogen) atoms. The highest BCUT2D eigenvalue weighted by atomic mass is 16.5. The molecule has 0 atom stereocenters. The lowest BCUT2D eigenvalue weighted by molar-refractivity contribution is -0.0667. The third-order valence-electron chi connectivity index (χ3n) is 4.22. The van der Waals surface area contributed by atoms with Gasteiger partial charge in [-0.05, 0) is 6.92 Å². The van der Waals surface area contributed by atoms with Gasteiger partial charge in [-0.3, -0.25) is 4.79 Å². The van der Waals surface area contributed by atoms with Crippen LogP contribution in [0.4, 0.5) is 0 Å². The average Bonchev–Trinajstić information content (AvgIpc) is 2.71. The van der Waals surface area contributed by atoms with Crippen LogP contribution in [0.2, 0.25) is 0 Å². The first-order chi connectivity index (χ1) is 8.17. The summed E-state index contributed by atoms with van der Waals surface area (Å²) >= 11 is 0. The molecule has 0 saturated heterocycles. The highest BCUT2D eigenvalue weighted by molar-refractivity contribution is 5.91. The van der Waals surface area contributed by atoms with Gasteiger partial charge in [-0.2, -0.15) is 0 Å². The molecule has 0 bridgehead atoms. The van der Waals surface area contributed by atoms with Crippen molar-refractivity contribution in [3.8, 4) is 0 Å². The summed E-state index contributed by atoms with van der Waals surface area (Å²) in [5, 5.41) is 6.72. The Kier molecular flexibility index (Phi) is 2.77. The number of carbonyl (C=O) groups excluding carboxylic acids is 1. The molecule has 0 radical (unpaired) electrons. The Balaban J connectivity index is 2.13. The summed E-state index contributed by atoms with van der Waals surface area (Å²) < 4.78 is 4.97. The predicted molar refractivity (Wildman–Crippen MR) is 68.0 cm³/mol. The highest BCUT2D eigenvalue weighted by Gasteiger charge is 2.60. The van der Waals surface area contributed by atoms with Crippen molar-refractivity contribution in [1.29, 1.82) is 0 Å². The quantitative estimate of drug-likeness (QED) is 0.834. The third kappa shape index (κ3) is 1.73. The maximum atomic E-state index is 12.1. The second-order valence-corrected chi connectivity index (χ2v) is 6.36. The zero-order valence-corrected chi connectivity index (χ0v) is 11.6. The second-order valence-electron chi connectivity index (χ2n) is 6.36. The van der Waals surface area contributed by atoms with Crippen LogP contribution in [0.1, 0.15) is 43.9 Å². The Bertz CT molecular complexity index is 460. The summed E-state index contributed by atoms with van der Waals surface area (Å²) in [6.45, 7) is 10.1. The molecule has 2 rings (SSSR count). The number of nitrogens with two attached hydrogens (primary N) is 1. The Morgan fingerprint density at radius 3 is 2.39 bits per heavy atom. The smallest absolute Gasteiger partial charge is 0.290 e. The monoisotopic (exact) mass is 251 g/mol. The number of aromatic nitrogens is 1. The van der Waals surface area contributed by atoms with Gasteiger partial charge in [0.25, 0.3) is 5.91 Å². The summed E-state index contributed by atoms with van der Waals surface area (Å²) in [6.07, 6.45) is 0. The van der Waals surface area contributed by atoms with Crippen LogP contribution < -0.4 is 11.1 Å². The van der Waals surface area contributed by atoms with Crippen LogP contribution in [0.5, 0.6) is 0 Å². The number of amides is 1. The normalized spacial score (nSPS) is 28.6. The molecule has 100 valence electrons. The first-order valence-corrected chi connectivity index (χ1v) is 6.17. The zero-order valence-electron chi connectivity index (χ0n) is 11.6. The molecular formula is C13H21N3O2. The van der Waals surface area contributed by atoms with E-state index < -0.39 is 0 Å². The van der Waals surface area contributed by atoms with Gasteiger partial charge in [-0.25, -0.2) is 0 Å². The van der Waals surface area contributed by atoms with Crippen molar-refractivity contribution in [1.82, 2.24) is 10.5 Å². The van der Waals surface area contributed by atoms with Crippen LogP contribution >= 0.6 is 0 Å². The van der Waals surface area contributed by atoms with Gasteiger partial charge in [0, 0.05) is 29.0 Å². The molecular weight excluding hydrogens is 230 g/mol. The molecule has 1 aromatic heterocycles. The molecule has 0 aliphatic heterocycles. The lowest BCUT2D eigenvalue weighted by Gasteiger charge is -2.62. The molecule has 5 heteroatoms. The molecule has 0 spiro atoms. The van der Waals surface area contributed by atoms with Gasteiger partial charge in [0.2, 0.25) is 5.76 Å². The summed E-state index contributed by atoms with van der Waals surface area (Å²) in [6, 6.07) is 1.72. The molecule has 1 aliphatic carbocycles. The van der Waals surface area contributed by atoms with Crippen molar-refractivity contribution in [3.05, 3.63) is 17.5 Å². The van der Waals surface area contributed by atoms with E-state index in [1.807, 2.05) is 0 Å². The Hall–Kier alpha value is -1.36. The molecule has 3 N–H and O–H groups in total. The van der Waals surface area contributed by atoms with Crippen molar-refractivity contribution >= 4 is 5.91 Å². The highest BCUT2D eigenvalue weighted by Crippen LogP contribution is 2.52. The van der Waals surface area contributed by atoms with Gasteiger partial charge in [-0.1, -0.05) is 32.9 Å². The average molecular weight is 251 g/mol. The number of rotatable bonds is 2. The SMILES string of the molecule is Cc1cc(C(=O)NC2C(C)(C)C(N)C2(C)C)on1. The maximum absolute atomic E-state index is 12.1. The van der Waals surface area contributed by atoms with E-state index in [1.165, 1.54) is 0 Å². The molecule has 0 aromatic carbocycles. The van der Waals surface area contributed by atoms with Crippen molar-refractivity contribution < 1.29 is 9.32 Å². The van der Waals surface area contributed by atoms with Gasteiger partial charge in [0.1, 0.15) is 0 Å². The Labute approximate surface area is 107 Å². The first kappa shape index (κ1) is 13.1. The molecule has 1 aliphatic rings. The molecule has 1 amide bonds. The molecule has 0 unspecified atom stereocenters. The Morgan fingerprint density at radius 2 is 1.94 bits per heavy atom. The molecule has 1 heterocycles. The number of carbonyl (C=O) groups is 1. The first-order valence-electron chi connectivity index (χ1n) is 6.17. The van der Waals surface area contributed by atoms with E-state index in [0.29, 0.717) is 5.69 Å². The predicted octanol–water partition coefficient (Wildman–Crippen LogP) is 1.47. The molecule has 1 fully saturated rings. The second kappa shape index (κ2) is 3.82. The van der Waals surface area contributed by atoms with Gasteiger partial charge in [-0.15, -0.1) is 0 Å². The van der Waals surface area contributed by atoms with Crippen LogP contribution in [0, 0.1) is 17.8 Å². The largest absolute Gasteiger partial charge is 0.351 e. The summed E-state index contributed by atoms with van der Waals surface area (Å²) in [4.78, 5) is 12.1. The van der Waals surface area contributed by atoms with Crippen LogP contribution in [-0.2, 0) is 0 Å². The zero-order chi connectivity index (χ0) is 13.7. The van der Waals surface area contributed by atoms with Crippen LogP contribution in [0.15, 0.2) is 10.6 Å². The molecule has 5 nitrogen and oxygen atoms in total. The van der Waals surface area contributed by atoms with E-state index in [9.17, 15) is 4.79 Å². The number of nitrogens with zero attached hydrogens (tertiary/aromatic N) is 1. The number of hydrogen-bond donors (Lipinski definition) is 2. The van der Waals surface area contributed by atoms with E-state index in [2.05, 4.69) is 38.2 Å². The van der Waals surface area contributed by atoms with E-state index in [1.54, 1.807) is 13.0 Å². The van der Waals surface area contributed by atoms with Gasteiger partial charge >= 0.3 is 0 Å². The fraction of sp³-hybridized carbons (Fsp3) is 0.692. The van der Waals surface area contributed by atoms with Gasteiger partial charge in [0.15, 0.2) is 0 Å². The van der Waals surface area contributed by atoms with Crippen molar-refractivity contribution in [2.75, 3.05) is 0 Å². The minimum absolute atomic E-state index is 0.0258. The molecule has 1 saturated carbocycles. The fourth-order valence-corrected chi connectivity index (χ4v) is 3.23. The number of aryl methyl sites for hydroxylation is 1. The standard InChI is InChI=1S/C13H21N3O2/c1-7-6-8(18-16-7)9(17)15-11-12(2,3)10(14)13(11,4)5/h6,10-11H,14H2,1-5H3,(H,15,17). The van der Waals surface area contributed by atoms with Crippen molar-refractivity contribution in [3.63, 3.8) is 0 Å². The lowest BCUT2D eigenvalue weighted by atomic mass is 9.48. The fourth-order valence-electron chi connectivity index (χ4n) is 3.23. The van der Waals surface area contributed by atoms with Crippen LogP contribution in [-0.4, -0.2) is 23.1 Å². The number of nitrogens with one attached hydrogen (secondary N) is 1. The topological polar surface area (TPSA) is 81.2 Å². The minimum Gasteiger partial charge on any atom is -0.351 e. The van der Waals surface area contributed by atoms with E-state index >= 15 is 0 Å². The summed E-state index contributed by atoms with van der Waals surface area (Å²) in [5.41, 5.74) is 6.62. The third-order valence-corrected chi connectivity index (χ3v) is 4.22. The van der Waals surface area contributed by atoms with Crippen molar-refractivity contribution in [2.45, 2.75) is 46.7 Å². The number of hydrogen-bond acceptors (Lipinski definition) is 4. The van der Waals surface area contributed by atoms with Crippen molar-refractivity contribution in [2.24, 2.45) is 16.6 Å². The van der Waals surface area contributed by atoms with E-state index in [0.717, 1.165) is 0 Å². The van der Waals surface area contributed by atoms with Gasteiger partial charge < -0.3 is 15.6 Å². The Morgan fingerprint density at radius 1 is 1.39 bits per heavy atom. The summed E-state index contributed by atoms with van der Waals surface area (Å²) in [7, 11) is 0. The maximum Gasteiger partial charge on any atom is 0.290 e. The van der Waals surface area contributed by atoms with Crippen LogP contribution in [0.25, 0.3) is 0 Å². The molecule has 1 aromatic rings. The van der Waals surface area contributed by atoms with Gasteiger partial charge in [0.05, 0.1) is 5.69 Å². The van der Waals surface area contributed by atoms with E-state index in [-0.39, 0.29) is 34.6 Å².